The average molecular weight is 210 g/mol. The average Bonchev–Trinajstić information content (AvgIpc) is 2.95. The van der Waals surface area contributed by atoms with Gasteiger partial charge in [0.1, 0.15) is 0 Å². The van der Waals surface area contributed by atoms with Crippen LogP contribution in [0.25, 0.3) is 0 Å². The number of hydrogen-bond acceptors (Lipinski definition) is 2. The first-order chi connectivity index (χ1) is 7.15. The second kappa shape index (κ2) is 4.39. The van der Waals surface area contributed by atoms with Crippen LogP contribution in [0.3, 0.4) is 0 Å². The van der Waals surface area contributed by atoms with Crippen LogP contribution in [-0.2, 0) is 0 Å². The molecule has 2 fully saturated rings. The van der Waals surface area contributed by atoms with E-state index in [0.29, 0.717) is 24.1 Å². The minimum absolute atomic E-state index is 0.513. The normalized spacial score (nSPS) is 34.1. The minimum atomic E-state index is 0.513. The second-order valence-corrected chi connectivity index (χ2v) is 4.94. The molecule has 4 nitrogen and oxygen atoms in total. The van der Waals surface area contributed by atoms with Crippen molar-refractivity contribution in [3.8, 4) is 0 Å². The number of nitrogens with one attached hydrogen (secondary N) is 1. The standard InChI is InChI=1S/C11H22N4/c1-8-7-10(5-6-15(8)2)14-11(12)13-9-3-4-9/h8-10H,3-7H2,1-2H3,(H3,12,13,14). The lowest BCUT2D eigenvalue weighted by Gasteiger charge is -2.35. The van der Waals surface area contributed by atoms with Gasteiger partial charge in [0.05, 0.1) is 6.04 Å². The zero-order valence-electron chi connectivity index (χ0n) is 9.74. The Labute approximate surface area is 91.9 Å². The zero-order chi connectivity index (χ0) is 10.8. The largest absolute Gasteiger partial charge is 0.370 e. The predicted molar refractivity (Wildman–Crippen MR) is 62.9 cm³/mol. The summed E-state index contributed by atoms with van der Waals surface area (Å²) in [6.45, 7) is 3.41. The van der Waals surface area contributed by atoms with Crippen LogP contribution in [0.4, 0.5) is 0 Å². The smallest absolute Gasteiger partial charge is 0.189 e. The molecule has 0 spiro atoms. The zero-order valence-corrected chi connectivity index (χ0v) is 9.74. The van der Waals surface area contributed by atoms with E-state index in [1.54, 1.807) is 0 Å². The molecule has 2 unspecified atom stereocenters. The van der Waals surface area contributed by atoms with Crippen molar-refractivity contribution in [2.45, 2.75) is 50.7 Å². The van der Waals surface area contributed by atoms with Crippen molar-refractivity contribution in [3.63, 3.8) is 0 Å². The number of aliphatic imine (C=N–C) groups is 1. The van der Waals surface area contributed by atoms with Gasteiger partial charge >= 0.3 is 0 Å². The minimum Gasteiger partial charge on any atom is -0.370 e. The molecule has 0 aromatic heterocycles. The van der Waals surface area contributed by atoms with E-state index in [0.717, 1.165) is 13.0 Å². The van der Waals surface area contributed by atoms with E-state index in [1.807, 2.05) is 0 Å². The van der Waals surface area contributed by atoms with Gasteiger partial charge in [-0.2, -0.15) is 0 Å². The van der Waals surface area contributed by atoms with Crippen LogP contribution >= 0.6 is 0 Å². The molecular weight excluding hydrogens is 188 g/mol. The van der Waals surface area contributed by atoms with Gasteiger partial charge in [0.2, 0.25) is 0 Å². The van der Waals surface area contributed by atoms with Crippen LogP contribution in [0.15, 0.2) is 4.99 Å². The Balaban J connectivity index is 1.79. The SMILES string of the molecule is CC1CC(NC(N)=NC2CC2)CCN1C. The third kappa shape index (κ3) is 3.09. The van der Waals surface area contributed by atoms with E-state index >= 15 is 0 Å². The van der Waals surface area contributed by atoms with Crippen LogP contribution in [0.2, 0.25) is 0 Å². The van der Waals surface area contributed by atoms with Gasteiger partial charge in [-0.1, -0.05) is 0 Å². The molecule has 2 aliphatic rings. The Kier molecular flexibility index (Phi) is 3.14. The molecule has 1 saturated heterocycles. The lowest BCUT2D eigenvalue weighted by atomic mass is 9.99. The van der Waals surface area contributed by atoms with Gasteiger partial charge in [0.15, 0.2) is 5.96 Å². The molecule has 0 aromatic rings. The fourth-order valence-corrected chi connectivity index (χ4v) is 2.07. The van der Waals surface area contributed by atoms with E-state index in [2.05, 4.69) is 29.2 Å². The van der Waals surface area contributed by atoms with Crippen LogP contribution in [0, 0.1) is 0 Å². The fraction of sp³-hybridized carbons (Fsp3) is 0.909. The molecular formula is C11H22N4. The van der Waals surface area contributed by atoms with Crippen molar-refractivity contribution in [3.05, 3.63) is 0 Å². The first kappa shape index (κ1) is 10.7. The Hall–Kier alpha value is -0.770. The molecule has 1 aliphatic heterocycles. The Bertz CT molecular complexity index is 247. The maximum Gasteiger partial charge on any atom is 0.189 e. The molecule has 0 bridgehead atoms. The third-order valence-electron chi connectivity index (χ3n) is 3.43. The Morgan fingerprint density at radius 2 is 2.13 bits per heavy atom. The van der Waals surface area contributed by atoms with Crippen molar-refractivity contribution >= 4 is 5.96 Å². The van der Waals surface area contributed by atoms with Crippen molar-refractivity contribution in [2.24, 2.45) is 10.7 Å². The number of nitrogens with two attached hydrogens (primary N) is 1. The highest BCUT2D eigenvalue weighted by Gasteiger charge is 2.24. The molecule has 0 radical (unpaired) electrons. The molecule has 2 atom stereocenters. The summed E-state index contributed by atoms with van der Waals surface area (Å²) in [5.41, 5.74) is 5.85. The number of likely N-dealkylation sites (tertiary alicyclic amines) is 1. The summed E-state index contributed by atoms with van der Waals surface area (Å²) < 4.78 is 0. The maximum absolute atomic E-state index is 5.85. The van der Waals surface area contributed by atoms with E-state index in [-0.39, 0.29) is 0 Å². The van der Waals surface area contributed by atoms with Crippen molar-refractivity contribution in [1.82, 2.24) is 10.2 Å². The summed E-state index contributed by atoms with van der Waals surface area (Å²) in [6.07, 6.45) is 4.76. The fourth-order valence-electron chi connectivity index (χ4n) is 2.07. The second-order valence-electron chi connectivity index (χ2n) is 4.94. The summed E-state index contributed by atoms with van der Waals surface area (Å²) in [7, 11) is 2.18. The van der Waals surface area contributed by atoms with E-state index in [4.69, 9.17) is 5.73 Å². The lowest BCUT2D eigenvalue weighted by molar-refractivity contribution is 0.177. The van der Waals surface area contributed by atoms with Gasteiger partial charge in [0, 0.05) is 18.6 Å². The summed E-state index contributed by atoms with van der Waals surface area (Å²) in [4.78, 5) is 6.79. The molecule has 1 aliphatic carbocycles. The highest BCUT2D eigenvalue weighted by atomic mass is 15.2. The summed E-state index contributed by atoms with van der Waals surface area (Å²) in [5, 5.41) is 3.34. The van der Waals surface area contributed by atoms with Crippen molar-refractivity contribution in [2.75, 3.05) is 13.6 Å². The van der Waals surface area contributed by atoms with Crippen LogP contribution in [-0.4, -0.2) is 42.6 Å². The predicted octanol–water partition coefficient (Wildman–Crippen LogP) is 0.536. The van der Waals surface area contributed by atoms with Gasteiger partial charge in [0.25, 0.3) is 0 Å². The molecule has 1 saturated carbocycles. The van der Waals surface area contributed by atoms with Gasteiger partial charge in [-0.25, -0.2) is 0 Å². The quantitative estimate of drug-likeness (QED) is 0.516. The molecule has 86 valence electrons. The lowest BCUT2D eigenvalue weighted by Crippen LogP contribution is -2.49. The summed E-state index contributed by atoms with van der Waals surface area (Å²) >= 11 is 0. The van der Waals surface area contributed by atoms with Crippen LogP contribution in [0.1, 0.15) is 32.6 Å². The van der Waals surface area contributed by atoms with Gasteiger partial charge in [-0.05, 0) is 39.7 Å². The van der Waals surface area contributed by atoms with Crippen LogP contribution < -0.4 is 11.1 Å². The monoisotopic (exact) mass is 210 g/mol. The molecule has 4 heteroatoms. The molecule has 0 amide bonds. The van der Waals surface area contributed by atoms with E-state index < -0.39 is 0 Å². The highest BCUT2D eigenvalue weighted by molar-refractivity contribution is 5.78. The first-order valence-electron chi connectivity index (χ1n) is 5.95. The molecule has 3 N–H and O–H groups in total. The molecule has 2 rings (SSSR count). The topological polar surface area (TPSA) is 53.6 Å². The van der Waals surface area contributed by atoms with Gasteiger partial charge < -0.3 is 16.0 Å². The van der Waals surface area contributed by atoms with E-state index in [9.17, 15) is 0 Å². The van der Waals surface area contributed by atoms with Gasteiger partial charge in [-0.3, -0.25) is 4.99 Å². The van der Waals surface area contributed by atoms with Gasteiger partial charge in [-0.15, -0.1) is 0 Å². The number of rotatable bonds is 2. The molecule has 15 heavy (non-hydrogen) atoms. The number of nitrogens with zero attached hydrogens (tertiary/aromatic N) is 2. The summed E-state index contributed by atoms with van der Waals surface area (Å²) in [5.74, 6) is 0.652. The number of piperidine rings is 1. The maximum atomic E-state index is 5.85. The van der Waals surface area contributed by atoms with Crippen LogP contribution in [0.5, 0.6) is 0 Å². The number of guanidine groups is 1. The Morgan fingerprint density at radius 1 is 1.40 bits per heavy atom. The van der Waals surface area contributed by atoms with Crippen molar-refractivity contribution < 1.29 is 0 Å². The first-order valence-corrected chi connectivity index (χ1v) is 5.95. The molecule has 0 aromatic carbocycles. The highest BCUT2D eigenvalue weighted by Crippen LogP contribution is 2.23. The molecule has 1 heterocycles. The number of hydrogen-bond donors (Lipinski definition) is 2. The summed E-state index contributed by atoms with van der Waals surface area (Å²) in [6, 6.07) is 1.67. The van der Waals surface area contributed by atoms with E-state index in [1.165, 1.54) is 19.3 Å². The van der Waals surface area contributed by atoms with Crippen molar-refractivity contribution in [1.29, 1.82) is 0 Å². The third-order valence-corrected chi connectivity index (χ3v) is 3.43. The Morgan fingerprint density at radius 3 is 2.73 bits per heavy atom.